The first-order valence-electron chi connectivity index (χ1n) is 5.80. The van der Waals surface area contributed by atoms with Gasteiger partial charge in [0.2, 0.25) is 5.95 Å². The van der Waals surface area contributed by atoms with Gasteiger partial charge in [0.15, 0.2) is 5.15 Å². The molecule has 90 valence electrons. The summed E-state index contributed by atoms with van der Waals surface area (Å²) in [6.07, 6.45) is 3.68. The molecule has 1 aromatic rings. The van der Waals surface area contributed by atoms with Crippen LogP contribution in [-0.2, 0) is 0 Å². The van der Waals surface area contributed by atoms with Crippen LogP contribution in [0.1, 0.15) is 38.8 Å². The minimum Gasteiger partial charge on any atom is -0.340 e. The molecular weight excluding hydrogens is 224 g/mol. The van der Waals surface area contributed by atoms with E-state index in [2.05, 4.69) is 33.9 Å². The molecular formula is C11H19ClN4. The molecule has 0 saturated carbocycles. The third-order valence-corrected chi connectivity index (χ3v) is 2.53. The van der Waals surface area contributed by atoms with E-state index in [0.717, 1.165) is 18.8 Å². The van der Waals surface area contributed by atoms with E-state index in [4.69, 9.17) is 11.6 Å². The number of hydrogen-bond acceptors (Lipinski definition) is 4. The standard InChI is InChI=1S/C8H11ClN4.C3H8/c1-6-7(9)11-12-8(10-6)13-4-2-3-5-13;1-3-2/h2-5H2,1H3;3H2,1-2H3. The quantitative estimate of drug-likeness (QED) is 0.760. The van der Waals surface area contributed by atoms with Gasteiger partial charge < -0.3 is 4.90 Å². The van der Waals surface area contributed by atoms with Crippen LogP contribution in [0.25, 0.3) is 0 Å². The number of rotatable bonds is 1. The maximum Gasteiger partial charge on any atom is 0.245 e. The number of hydrogen-bond donors (Lipinski definition) is 0. The summed E-state index contributed by atoms with van der Waals surface area (Å²) >= 11 is 5.73. The Morgan fingerprint density at radius 3 is 2.25 bits per heavy atom. The first-order valence-corrected chi connectivity index (χ1v) is 6.18. The summed E-state index contributed by atoms with van der Waals surface area (Å²) in [5.41, 5.74) is 0.749. The maximum atomic E-state index is 5.73. The van der Waals surface area contributed by atoms with E-state index in [1.165, 1.54) is 19.3 Å². The lowest BCUT2D eigenvalue weighted by Crippen LogP contribution is -2.21. The summed E-state index contributed by atoms with van der Waals surface area (Å²) in [5, 5.41) is 8.18. The fourth-order valence-corrected chi connectivity index (χ4v) is 1.51. The zero-order valence-corrected chi connectivity index (χ0v) is 11.0. The van der Waals surface area contributed by atoms with Crippen molar-refractivity contribution in [3.63, 3.8) is 0 Å². The summed E-state index contributed by atoms with van der Waals surface area (Å²) < 4.78 is 0. The average Bonchev–Trinajstić information content (AvgIpc) is 2.76. The maximum absolute atomic E-state index is 5.73. The molecule has 16 heavy (non-hydrogen) atoms. The number of aryl methyl sites for hydroxylation is 1. The number of halogens is 1. The predicted octanol–water partition coefficient (Wildman–Crippen LogP) is 2.85. The van der Waals surface area contributed by atoms with Crippen LogP contribution in [0.15, 0.2) is 0 Å². The fourth-order valence-electron chi connectivity index (χ4n) is 1.43. The largest absolute Gasteiger partial charge is 0.340 e. The van der Waals surface area contributed by atoms with Crippen molar-refractivity contribution >= 4 is 17.5 Å². The highest BCUT2D eigenvalue weighted by molar-refractivity contribution is 6.29. The second-order valence-corrected chi connectivity index (χ2v) is 4.25. The van der Waals surface area contributed by atoms with Gasteiger partial charge in [-0.1, -0.05) is 31.9 Å². The lowest BCUT2D eigenvalue weighted by atomic mass is 10.4. The Morgan fingerprint density at radius 1 is 1.19 bits per heavy atom. The molecule has 0 spiro atoms. The van der Waals surface area contributed by atoms with Crippen molar-refractivity contribution in [1.29, 1.82) is 0 Å². The molecule has 0 aromatic carbocycles. The summed E-state index contributed by atoms with van der Waals surface area (Å²) in [7, 11) is 0. The Morgan fingerprint density at radius 2 is 1.75 bits per heavy atom. The molecule has 1 aromatic heterocycles. The van der Waals surface area contributed by atoms with Crippen molar-refractivity contribution in [2.75, 3.05) is 18.0 Å². The summed E-state index contributed by atoms with van der Waals surface area (Å²) in [6.45, 7) is 8.15. The Bertz CT molecular complexity index is 324. The normalized spacial score (nSPS) is 14.6. The molecule has 0 bridgehead atoms. The number of aromatic nitrogens is 3. The zero-order valence-electron chi connectivity index (χ0n) is 10.2. The first kappa shape index (κ1) is 13.2. The Kier molecular flexibility index (Phi) is 5.46. The highest BCUT2D eigenvalue weighted by atomic mass is 35.5. The minimum absolute atomic E-state index is 0.392. The molecule has 2 rings (SSSR count). The minimum atomic E-state index is 0.392. The van der Waals surface area contributed by atoms with Gasteiger partial charge in [-0.25, -0.2) is 4.98 Å². The van der Waals surface area contributed by atoms with Crippen LogP contribution in [0.3, 0.4) is 0 Å². The molecule has 4 nitrogen and oxygen atoms in total. The highest BCUT2D eigenvalue weighted by Gasteiger charge is 2.15. The topological polar surface area (TPSA) is 41.9 Å². The van der Waals surface area contributed by atoms with E-state index in [1.807, 2.05) is 6.92 Å². The van der Waals surface area contributed by atoms with Crippen LogP contribution >= 0.6 is 11.6 Å². The number of anilines is 1. The molecule has 1 saturated heterocycles. The molecule has 0 aliphatic carbocycles. The van der Waals surface area contributed by atoms with Gasteiger partial charge in [0.25, 0.3) is 0 Å². The molecule has 0 atom stereocenters. The van der Waals surface area contributed by atoms with Crippen molar-refractivity contribution in [3.05, 3.63) is 10.8 Å². The van der Waals surface area contributed by atoms with E-state index in [1.54, 1.807) is 0 Å². The van der Waals surface area contributed by atoms with Gasteiger partial charge in [0.05, 0.1) is 5.69 Å². The van der Waals surface area contributed by atoms with Crippen LogP contribution < -0.4 is 4.90 Å². The lowest BCUT2D eigenvalue weighted by molar-refractivity contribution is 0.837. The predicted molar refractivity (Wildman–Crippen MR) is 67.0 cm³/mol. The Labute approximate surface area is 102 Å². The molecule has 1 aliphatic heterocycles. The SMILES string of the molecule is CCC.Cc1nc(N2CCCC2)nnc1Cl. The van der Waals surface area contributed by atoms with Gasteiger partial charge in [-0.3, -0.25) is 0 Å². The van der Waals surface area contributed by atoms with Crippen molar-refractivity contribution in [3.8, 4) is 0 Å². The Balaban J connectivity index is 0.000000386. The highest BCUT2D eigenvalue weighted by Crippen LogP contribution is 2.16. The monoisotopic (exact) mass is 242 g/mol. The van der Waals surface area contributed by atoms with Crippen molar-refractivity contribution < 1.29 is 0 Å². The van der Waals surface area contributed by atoms with E-state index in [9.17, 15) is 0 Å². The van der Waals surface area contributed by atoms with Crippen LogP contribution in [0.5, 0.6) is 0 Å². The first-order chi connectivity index (χ1) is 7.69. The molecule has 0 radical (unpaired) electrons. The second kappa shape index (κ2) is 6.63. The van der Waals surface area contributed by atoms with Crippen molar-refractivity contribution in [2.24, 2.45) is 0 Å². The summed E-state index contributed by atoms with van der Waals surface area (Å²) in [6, 6.07) is 0. The van der Waals surface area contributed by atoms with Crippen LogP contribution in [0.2, 0.25) is 5.15 Å². The molecule has 1 aliphatic rings. The third-order valence-electron chi connectivity index (χ3n) is 2.18. The molecule has 5 heteroatoms. The molecule has 0 amide bonds. The van der Waals surface area contributed by atoms with Gasteiger partial charge in [0.1, 0.15) is 0 Å². The van der Waals surface area contributed by atoms with Crippen LogP contribution in [0.4, 0.5) is 5.95 Å². The number of nitrogens with zero attached hydrogens (tertiary/aromatic N) is 4. The smallest absolute Gasteiger partial charge is 0.245 e. The summed E-state index contributed by atoms with van der Waals surface area (Å²) in [5.74, 6) is 0.708. The molecule has 0 unspecified atom stereocenters. The van der Waals surface area contributed by atoms with E-state index in [0.29, 0.717) is 11.1 Å². The van der Waals surface area contributed by atoms with Crippen molar-refractivity contribution in [2.45, 2.75) is 40.0 Å². The van der Waals surface area contributed by atoms with E-state index >= 15 is 0 Å². The van der Waals surface area contributed by atoms with Crippen LogP contribution in [0, 0.1) is 6.92 Å². The Hall–Kier alpha value is -0.900. The van der Waals surface area contributed by atoms with Gasteiger partial charge >= 0.3 is 0 Å². The fraction of sp³-hybridized carbons (Fsp3) is 0.727. The summed E-state index contributed by atoms with van der Waals surface area (Å²) in [4.78, 5) is 6.41. The van der Waals surface area contributed by atoms with E-state index < -0.39 is 0 Å². The van der Waals surface area contributed by atoms with Gasteiger partial charge in [-0.2, -0.15) is 0 Å². The van der Waals surface area contributed by atoms with Crippen molar-refractivity contribution in [1.82, 2.24) is 15.2 Å². The van der Waals surface area contributed by atoms with Gasteiger partial charge in [-0.05, 0) is 19.8 Å². The molecule has 1 fully saturated rings. The second-order valence-electron chi connectivity index (χ2n) is 3.89. The van der Waals surface area contributed by atoms with Gasteiger partial charge in [-0.15, -0.1) is 10.2 Å². The molecule has 0 N–H and O–H groups in total. The lowest BCUT2D eigenvalue weighted by Gasteiger charge is -2.13. The van der Waals surface area contributed by atoms with Gasteiger partial charge in [0, 0.05) is 13.1 Å². The molecule has 2 heterocycles. The van der Waals surface area contributed by atoms with E-state index in [-0.39, 0.29) is 0 Å². The zero-order chi connectivity index (χ0) is 12.0. The van der Waals surface area contributed by atoms with Crippen LogP contribution in [-0.4, -0.2) is 28.3 Å². The average molecular weight is 243 g/mol. The third kappa shape index (κ3) is 3.59.